The lowest BCUT2D eigenvalue weighted by Crippen LogP contribution is -2.24. The van der Waals surface area contributed by atoms with Crippen LogP contribution in [0.2, 0.25) is 0 Å². The molecule has 6 nitrogen and oxygen atoms in total. The molecule has 1 rings (SSSR count). The van der Waals surface area contributed by atoms with Crippen molar-refractivity contribution < 1.29 is 18.3 Å². The highest BCUT2D eigenvalue weighted by Gasteiger charge is 2.19. The summed E-state index contributed by atoms with van der Waals surface area (Å²) in [5.41, 5.74) is 0.377. The van der Waals surface area contributed by atoms with Crippen LogP contribution in [0.1, 0.15) is 43.5 Å². The third-order valence-electron chi connectivity index (χ3n) is 2.95. The van der Waals surface area contributed by atoms with Crippen LogP contribution in [0.15, 0.2) is 23.1 Å². The Hall–Kier alpha value is -1.60. The molecule has 0 aromatic heterocycles. The molecule has 0 fully saturated rings. The summed E-state index contributed by atoms with van der Waals surface area (Å²) in [6.07, 6.45) is 3.05. The second kappa shape index (κ2) is 7.99. The molecule has 0 aliphatic rings. The van der Waals surface area contributed by atoms with Crippen LogP contribution in [0.4, 0.5) is 5.69 Å². The van der Waals surface area contributed by atoms with Crippen LogP contribution in [0.25, 0.3) is 0 Å². The zero-order valence-corrected chi connectivity index (χ0v) is 13.2. The van der Waals surface area contributed by atoms with Crippen molar-refractivity contribution in [2.75, 3.05) is 18.4 Å². The maximum absolute atomic E-state index is 12.2. The zero-order chi connectivity index (χ0) is 15.9. The smallest absolute Gasteiger partial charge is 0.335 e. The number of nitrogens with one attached hydrogen (secondary N) is 2. The Kier molecular flexibility index (Phi) is 6.64. The van der Waals surface area contributed by atoms with Crippen molar-refractivity contribution >= 4 is 21.7 Å². The monoisotopic (exact) mass is 314 g/mol. The zero-order valence-electron chi connectivity index (χ0n) is 12.3. The van der Waals surface area contributed by atoms with Gasteiger partial charge in [-0.15, -0.1) is 0 Å². The summed E-state index contributed by atoms with van der Waals surface area (Å²) in [6.45, 7) is 4.65. The van der Waals surface area contributed by atoms with Crippen molar-refractivity contribution in [3.05, 3.63) is 23.8 Å². The fourth-order valence-electron chi connectivity index (χ4n) is 1.89. The molecule has 0 heterocycles. The van der Waals surface area contributed by atoms with Gasteiger partial charge in [-0.3, -0.25) is 0 Å². The molecule has 118 valence electrons. The lowest BCUT2D eigenvalue weighted by Gasteiger charge is -2.13. The molecule has 21 heavy (non-hydrogen) atoms. The fourth-order valence-corrected chi connectivity index (χ4v) is 3.14. The van der Waals surface area contributed by atoms with Crippen LogP contribution in [0.3, 0.4) is 0 Å². The van der Waals surface area contributed by atoms with Crippen molar-refractivity contribution in [1.82, 2.24) is 4.72 Å². The predicted octanol–water partition coefficient (Wildman–Crippen LogP) is 2.29. The van der Waals surface area contributed by atoms with Gasteiger partial charge >= 0.3 is 5.97 Å². The molecule has 3 N–H and O–H groups in total. The second-order valence-corrected chi connectivity index (χ2v) is 6.39. The quantitative estimate of drug-likeness (QED) is 0.608. The van der Waals surface area contributed by atoms with E-state index in [1.165, 1.54) is 18.2 Å². The van der Waals surface area contributed by atoms with Crippen LogP contribution in [-0.4, -0.2) is 32.6 Å². The number of carbonyl (C=O) groups is 1. The summed E-state index contributed by atoms with van der Waals surface area (Å²) in [7, 11) is -3.72. The van der Waals surface area contributed by atoms with E-state index in [1.807, 2.05) is 0 Å². The summed E-state index contributed by atoms with van der Waals surface area (Å²) in [5.74, 6) is -1.15. The van der Waals surface area contributed by atoms with Crippen molar-refractivity contribution in [3.8, 4) is 0 Å². The Morgan fingerprint density at radius 2 is 1.95 bits per heavy atom. The highest BCUT2D eigenvalue weighted by Crippen LogP contribution is 2.23. The fraction of sp³-hybridized carbons (Fsp3) is 0.500. The number of hydrogen-bond acceptors (Lipinski definition) is 4. The molecule has 0 amide bonds. The molecule has 0 spiro atoms. The molecular formula is C14H22N2O4S. The van der Waals surface area contributed by atoms with Gasteiger partial charge in [0.1, 0.15) is 4.90 Å². The van der Waals surface area contributed by atoms with E-state index in [0.29, 0.717) is 12.2 Å². The first kappa shape index (κ1) is 17.5. The molecule has 0 aliphatic carbocycles. The van der Waals surface area contributed by atoms with Crippen molar-refractivity contribution in [2.45, 2.75) is 38.0 Å². The van der Waals surface area contributed by atoms with E-state index in [0.717, 1.165) is 19.3 Å². The number of carboxylic acids is 1. The standard InChI is InChI=1S/C14H22N2O4S/c1-3-5-6-9-15-12-8-7-11(14(17)18)10-13(12)21(19,20)16-4-2/h7-8,10,15-16H,3-6,9H2,1-2H3,(H,17,18). The van der Waals surface area contributed by atoms with Crippen LogP contribution in [-0.2, 0) is 10.0 Å². The molecule has 0 aliphatic heterocycles. The molecule has 7 heteroatoms. The van der Waals surface area contributed by atoms with Gasteiger partial charge < -0.3 is 10.4 Å². The van der Waals surface area contributed by atoms with Crippen molar-refractivity contribution in [2.24, 2.45) is 0 Å². The van der Waals surface area contributed by atoms with E-state index in [9.17, 15) is 13.2 Å². The summed E-state index contributed by atoms with van der Waals surface area (Å²) in [6, 6.07) is 4.08. The number of carboxylic acid groups (broad SMARTS) is 1. The minimum Gasteiger partial charge on any atom is -0.478 e. The first-order chi connectivity index (χ1) is 9.92. The number of benzene rings is 1. The van der Waals surface area contributed by atoms with Crippen LogP contribution in [0, 0.1) is 0 Å². The third-order valence-corrected chi connectivity index (χ3v) is 4.53. The minimum absolute atomic E-state index is 0.0271. The van der Waals surface area contributed by atoms with Gasteiger partial charge in [-0.25, -0.2) is 17.9 Å². The highest BCUT2D eigenvalue weighted by atomic mass is 32.2. The van der Waals surface area contributed by atoms with E-state index >= 15 is 0 Å². The van der Waals surface area contributed by atoms with Gasteiger partial charge in [0, 0.05) is 13.1 Å². The van der Waals surface area contributed by atoms with E-state index in [1.54, 1.807) is 6.92 Å². The number of anilines is 1. The van der Waals surface area contributed by atoms with Crippen LogP contribution in [0.5, 0.6) is 0 Å². The number of unbranched alkanes of at least 4 members (excludes halogenated alkanes) is 2. The Balaban J connectivity index is 3.09. The molecule has 0 radical (unpaired) electrons. The Morgan fingerprint density at radius 1 is 1.24 bits per heavy atom. The number of hydrogen-bond donors (Lipinski definition) is 3. The van der Waals surface area contributed by atoms with Gasteiger partial charge in [0.15, 0.2) is 0 Å². The van der Waals surface area contributed by atoms with Gasteiger partial charge in [-0.2, -0.15) is 0 Å². The minimum atomic E-state index is -3.72. The number of aromatic carboxylic acids is 1. The molecule has 0 unspecified atom stereocenters. The molecule has 0 bridgehead atoms. The van der Waals surface area contributed by atoms with E-state index in [4.69, 9.17) is 5.11 Å². The van der Waals surface area contributed by atoms with Gasteiger partial charge in [0.25, 0.3) is 0 Å². The number of sulfonamides is 1. The van der Waals surface area contributed by atoms with Gasteiger partial charge in [-0.05, 0) is 24.6 Å². The maximum Gasteiger partial charge on any atom is 0.335 e. The van der Waals surface area contributed by atoms with Gasteiger partial charge in [-0.1, -0.05) is 26.7 Å². The highest BCUT2D eigenvalue weighted by molar-refractivity contribution is 7.89. The molecule has 0 saturated carbocycles. The Bertz CT molecular complexity index is 585. The lowest BCUT2D eigenvalue weighted by molar-refractivity contribution is 0.0696. The molecule has 0 saturated heterocycles. The SMILES string of the molecule is CCCCCNc1ccc(C(=O)O)cc1S(=O)(=O)NCC. The molecule has 1 aromatic rings. The summed E-state index contributed by atoms with van der Waals surface area (Å²) >= 11 is 0. The van der Waals surface area contributed by atoms with Gasteiger partial charge in [0.2, 0.25) is 10.0 Å². The normalized spacial score (nSPS) is 11.3. The van der Waals surface area contributed by atoms with E-state index < -0.39 is 16.0 Å². The molecule has 1 aromatic carbocycles. The first-order valence-corrected chi connectivity index (χ1v) is 8.51. The Morgan fingerprint density at radius 3 is 2.52 bits per heavy atom. The van der Waals surface area contributed by atoms with Crippen molar-refractivity contribution in [1.29, 1.82) is 0 Å². The van der Waals surface area contributed by atoms with E-state index in [2.05, 4.69) is 17.0 Å². The molecule has 0 atom stereocenters. The van der Waals surface area contributed by atoms with E-state index in [-0.39, 0.29) is 17.0 Å². The summed E-state index contributed by atoms with van der Waals surface area (Å²) in [5, 5.41) is 12.1. The first-order valence-electron chi connectivity index (χ1n) is 7.03. The lowest BCUT2D eigenvalue weighted by atomic mass is 10.2. The predicted molar refractivity (Wildman–Crippen MR) is 82.3 cm³/mol. The third kappa shape index (κ3) is 5.02. The number of rotatable bonds is 9. The summed E-state index contributed by atoms with van der Waals surface area (Å²) < 4.78 is 26.7. The van der Waals surface area contributed by atoms with Crippen molar-refractivity contribution in [3.63, 3.8) is 0 Å². The average molecular weight is 314 g/mol. The largest absolute Gasteiger partial charge is 0.478 e. The van der Waals surface area contributed by atoms with Gasteiger partial charge in [0.05, 0.1) is 11.3 Å². The second-order valence-electron chi connectivity index (χ2n) is 4.65. The topological polar surface area (TPSA) is 95.5 Å². The summed E-state index contributed by atoms with van der Waals surface area (Å²) in [4.78, 5) is 11.0. The molecular weight excluding hydrogens is 292 g/mol. The maximum atomic E-state index is 12.2. The average Bonchev–Trinajstić information content (AvgIpc) is 2.43. The van der Waals surface area contributed by atoms with Crippen LogP contribution < -0.4 is 10.0 Å². The Labute approximate surface area is 125 Å². The van der Waals surface area contributed by atoms with Crippen LogP contribution >= 0.6 is 0 Å².